The average molecular weight is 339 g/mol. The molecule has 8 nitrogen and oxygen atoms in total. The Labute approximate surface area is 142 Å². The van der Waals surface area contributed by atoms with Crippen LogP contribution in [-0.2, 0) is 14.3 Å². The molecule has 134 valence electrons. The SMILES string of the molecule is COC(=O)C1CN(C2=CCN(C(=O)OCC(C)C)CC2)C(=O)N1C. The molecule has 3 amide bonds. The summed E-state index contributed by atoms with van der Waals surface area (Å²) in [6.45, 7) is 5.50. The molecule has 2 aliphatic heterocycles. The Morgan fingerprint density at radius 2 is 2.08 bits per heavy atom. The second-order valence-electron chi connectivity index (χ2n) is 6.41. The number of likely N-dealkylation sites (N-methyl/N-ethyl adjacent to an activating group) is 1. The van der Waals surface area contributed by atoms with E-state index in [1.807, 2.05) is 19.9 Å². The molecule has 8 heteroatoms. The van der Waals surface area contributed by atoms with Crippen LogP contribution in [0.5, 0.6) is 0 Å². The van der Waals surface area contributed by atoms with Crippen LogP contribution in [0.4, 0.5) is 9.59 Å². The quantitative estimate of drug-likeness (QED) is 0.721. The summed E-state index contributed by atoms with van der Waals surface area (Å²) in [5.74, 6) is -0.137. The summed E-state index contributed by atoms with van der Waals surface area (Å²) in [5, 5.41) is 0. The molecular weight excluding hydrogens is 314 g/mol. The van der Waals surface area contributed by atoms with Gasteiger partial charge in [-0.05, 0) is 12.0 Å². The first-order chi connectivity index (χ1) is 11.3. The van der Waals surface area contributed by atoms with E-state index in [0.29, 0.717) is 26.1 Å². The standard InChI is InChI=1S/C16H25N3O5/c1-11(2)10-24-16(22)18-7-5-12(6-8-18)19-9-13(14(20)23-4)17(3)15(19)21/h5,11,13H,6-10H2,1-4H3. The van der Waals surface area contributed by atoms with Crippen molar-refractivity contribution in [3.63, 3.8) is 0 Å². The zero-order valence-corrected chi connectivity index (χ0v) is 14.7. The fourth-order valence-electron chi connectivity index (χ4n) is 2.70. The summed E-state index contributed by atoms with van der Waals surface area (Å²) in [4.78, 5) is 40.6. The van der Waals surface area contributed by atoms with Crippen LogP contribution in [0.1, 0.15) is 20.3 Å². The number of methoxy groups -OCH3 is 1. The molecule has 0 N–H and O–H groups in total. The monoisotopic (exact) mass is 339 g/mol. The number of esters is 1. The number of ether oxygens (including phenoxy) is 2. The van der Waals surface area contributed by atoms with Crippen molar-refractivity contribution < 1.29 is 23.9 Å². The maximum absolute atomic E-state index is 12.3. The molecule has 0 aromatic carbocycles. The molecule has 0 spiro atoms. The molecule has 0 saturated carbocycles. The second kappa shape index (κ2) is 7.55. The van der Waals surface area contributed by atoms with Crippen LogP contribution in [0.25, 0.3) is 0 Å². The molecule has 1 atom stereocenters. The van der Waals surface area contributed by atoms with Gasteiger partial charge in [-0.25, -0.2) is 14.4 Å². The largest absolute Gasteiger partial charge is 0.467 e. The first kappa shape index (κ1) is 18.1. The molecule has 1 unspecified atom stereocenters. The molecule has 0 aliphatic carbocycles. The molecule has 0 bridgehead atoms. The van der Waals surface area contributed by atoms with Gasteiger partial charge in [0.25, 0.3) is 0 Å². The highest BCUT2D eigenvalue weighted by molar-refractivity contribution is 5.88. The number of amides is 3. The van der Waals surface area contributed by atoms with Crippen molar-refractivity contribution in [2.45, 2.75) is 26.3 Å². The van der Waals surface area contributed by atoms with E-state index in [2.05, 4.69) is 0 Å². The molecule has 1 fully saturated rings. The van der Waals surface area contributed by atoms with E-state index in [0.717, 1.165) is 5.70 Å². The van der Waals surface area contributed by atoms with Crippen LogP contribution in [0.3, 0.4) is 0 Å². The van der Waals surface area contributed by atoms with Crippen LogP contribution in [0.15, 0.2) is 11.8 Å². The number of carbonyl (C=O) groups excluding carboxylic acids is 3. The fraction of sp³-hybridized carbons (Fsp3) is 0.688. The van der Waals surface area contributed by atoms with Crippen molar-refractivity contribution in [2.75, 3.05) is 40.4 Å². The van der Waals surface area contributed by atoms with E-state index >= 15 is 0 Å². The topological polar surface area (TPSA) is 79.4 Å². The third kappa shape index (κ3) is 3.80. The number of carbonyl (C=O) groups is 3. The minimum absolute atomic E-state index is 0.229. The number of urea groups is 1. The van der Waals surface area contributed by atoms with E-state index in [4.69, 9.17) is 9.47 Å². The first-order valence-electron chi connectivity index (χ1n) is 8.08. The Morgan fingerprint density at radius 1 is 1.38 bits per heavy atom. The molecule has 2 aliphatic rings. The van der Waals surface area contributed by atoms with Gasteiger partial charge in [0.1, 0.15) is 6.04 Å². The average Bonchev–Trinajstić information content (AvgIpc) is 2.87. The molecule has 0 aromatic heterocycles. The summed E-state index contributed by atoms with van der Waals surface area (Å²) >= 11 is 0. The lowest BCUT2D eigenvalue weighted by molar-refractivity contribution is -0.144. The van der Waals surface area contributed by atoms with Gasteiger partial charge in [0, 0.05) is 32.3 Å². The summed E-state index contributed by atoms with van der Waals surface area (Å²) in [7, 11) is 2.90. The number of hydrogen-bond acceptors (Lipinski definition) is 5. The van der Waals surface area contributed by atoms with Crippen LogP contribution in [0.2, 0.25) is 0 Å². The highest BCUT2D eigenvalue weighted by atomic mass is 16.6. The van der Waals surface area contributed by atoms with E-state index in [-0.39, 0.29) is 24.6 Å². The van der Waals surface area contributed by atoms with E-state index < -0.39 is 12.0 Å². The smallest absolute Gasteiger partial charge is 0.410 e. The number of rotatable bonds is 4. The van der Waals surface area contributed by atoms with Gasteiger partial charge in [0.2, 0.25) is 0 Å². The minimum Gasteiger partial charge on any atom is -0.467 e. The van der Waals surface area contributed by atoms with Crippen molar-refractivity contribution in [2.24, 2.45) is 5.92 Å². The predicted octanol–water partition coefficient (Wildman–Crippen LogP) is 1.28. The Kier molecular flexibility index (Phi) is 5.69. The van der Waals surface area contributed by atoms with Crippen LogP contribution in [-0.4, -0.2) is 79.2 Å². The predicted molar refractivity (Wildman–Crippen MR) is 86.1 cm³/mol. The van der Waals surface area contributed by atoms with Crippen LogP contribution in [0, 0.1) is 5.92 Å². The van der Waals surface area contributed by atoms with Crippen molar-refractivity contribution in [1.29, 1.82) is 0 Å². The zero-order valence-electron chi connectivity index (χ0n) is 14.7. The molecule has 1 saturated heterocycles. The molecular formula is C16H25N3O5. The molecule has 24 heavy (non-hydrogen) atoms. The molecule has 0 radical (unpaired) electrons. The lowest BCUT2D eigenvalue weighted by Gasteiger charge is -2.29. The zero-order chi connectivity index (χ0) is 17.9. The number of hydrogen-bond donors (Lipinski definition) is 0. The summed E-state index contributed by atoms with van der Waals surface area (Å²) in [5.41, 5.74) is 0.825. The van der Waals surface area contributed by atoms with Crippen LogP contribution < -0.4 is 0 Å². The van der Waals surface area contributed by atoms with Gasteiger partial charge in [-0.2, -0.15) is 0 Å². The highest BCUT2D eigenvalue weighted by Gasteiger charge is 2.41. The van der Waals surface area contributed by atoms with Crippen molar-refractivity contribution >= 4 is 18.1 Å². The fourth-order valence-corrected chi connectivity index (χ4v) is 2.70. The van der Waals surface area contributed by atoms with Gasteiger partial charge in [-0.3, -0.25) is 4.90 Å². The molecule has 2 rings (SSSR count). The van der Waals surface area contributed by atoms with Gasteiger partial charge in [0.05, 0.1) is 20.3 Å². The van der Waals surface area contributed by atoms with Gasteiger partial charge in [0.15, 0.2) is 0 Å². The maximum Gasteiger partial charge on any atom is 0.410 e. The Bertz CT molecular complexity index is 546. The van der Waals surface area contributed by atoms with Crippen LogP contribution >= 0.6 is 0 Å². The Hall–Kier alpha value is -2.25. The van der Waals surface area contributed by atoms with Gasteiger partial charge >= 0.3 is 18.1 Å². The molecule has 2 heterocycles. The maximum atomic E-state index is 12.3. The highest BCUT2D eigenvalue weighted by Crippen LogP contribution is 2.24. The minimum atomic E-state index is -0.600. The van der Waals surface area contributed by atoms with Crippen molar-refractivity contribution in [3.05, 3.63) is 11.8 Å². The Morgan fingerprint density at radius 3 is 2.62 bits per heavy atom. The second-order valence-corrected chi connectivity index (χ2v) is 6.41. The third-order valence-corrected chi connectivity index (χ3v) is 4.16. The molecule has 0 aromatic rings. The first-order valence-corrected chi connectivity index (χ1v) is 8.08. The Balaban J connectivity index is 1.96. The third-order valence-electron chi connectivity index (χ3n) is 4.16. The summed E-state index contributed by atoms with van der Waals surface area (Å²) < 4.78 is 9.95. The normalized spacial score (nSPS) is 21.2. The van der Waals surface area contributed by atoms with Gasteiger partial charge in [-0.1, -0.05) is 13.8 Å². The van der Waals surface area contributed by atoms with Crippen molar-refractivity contribution in [3.8, 4) is 0 Å². The van der Waals surface area contributed by atoms with E-state index in [1.54, 1.807) is 16.8 Å². The van der Waals surface area contributed by atoms with E-state index in [9.17, 15) is 14.4 Å². The summed E-state index contributed by atoms with van der Waals surface area (Å²) in [6.07, 6.45) is 2.05. The van der Waals surface area contributed by atoms with Crippen molar-refractivity contribution in [1.82, 2.24) is 14.7 Å². The number of nitrogens with zero attached hydrogens (tertiary/aromatic N) is 3. The van der Waals surface area contributed by atoms with Gasteiger partial charge in [-0.15, -0.1) is 0 Å². The van der Waals surface area contributed by atoms with Gasteiger partial charge < -0.3 is 19.3 Å². The van der Waals surface area contributed by atoms with E-state index in [1.165, 1.54) is 12.0 Å². The lowest BCUT2D eigenvalue weighted by atomic mass is 10.2. The lowest BCUT2D eigenvalue weighted by Crippen LogP contribution is -2.39. The summed E-state index contributed by atoms with van der Waals surface area (Å²) in [6, 6.07) is -0.829.